The molecule has 136 valence electrons. The van der Waals surface area contributed by atoms with Crippen LogP contribution < -0.4 is 10.6 Å². The number of fused-ring (bicyclic) bond motifs is 1. The molecule has 2 aromatic rings. The molecular formula is C20H30N4O. The van der Waals surface area contributed by atoms with Crippen molar-refractivity contribution >= 4 is 16.9 Å². The predicted molar refractivity (Wildman–Crippen MR) is 104 cm³/mol. The number of hydrogen-bond acceptors (Lipinski definition) is 2. The van der Waals surface area contributed by atoms with Crippen LogP contribution in [0.25, 0.3) is 10.9 Å². The fourth-order valence-electron chi connectivity index (χ4n) is 3.59. The van der Waals surface area contributed by atoms with E-state index < -0.39 is 0 Å². The van der Waals surface area contributed by atoms with Crippen LogP contribution in [0, 0.1) is 6.92 Å². The molecule has 1 fully saturated rings. The zero-order chi connectivity index (χ0) is 17.6. The quantitative estimate of drug-likeness (QED) is 0.499. The average Bonchev–Trinajstić information content (AvgIpc) is 3.02. The van der Waals surface area contributed by atoms with Gasteiger partial charge in [-0.25, -0.2) is 0 Å². The van der Waals surface area contributed by atoms with Crippen molar-refractivity contribution < 1.29 is 5.11 Å². The summed E-state index contributed by atoms with van der Waals surface area (Å²) in [5.74, 6) is 0.889. The Labute approximate surface area is 149 Å². The topological polar surface area (TPSA) is 72.4 Å². The largest absolute Gasteiger partial charge is 0.393 e. The van der Waals surface area contributed by atoms with E-state index >= 15 is 0 Å². The molecule has 1 saturated carbocycles. The molecule has 1 heterocycles. The van der Waals surface area contributed by atoms with Gasteiger partial charge < -0.3 is 20.7 Å². The van der Waals surface area contributed by atoms with Gasteiger partial charge in [0.15, 0.2) is 5.96 Å². The minimum absolute atomic E-state index is 0.122. The van der Waals surface area contributed by atoms with Crippen molar-refractivity contribution in [2.24, 2.45) is 4.99 Å². The molecule has 0 unspecified atom stereocenters. The van der Waals surface area contributed by atoms with Gasteiger partial charge in [-0.2, -0.15) is 0 Å². The van der Waals surface area contributed by atoms with Gasteiger partial charge in [0.25, 0.3) is 0 Å². The second-order valence-electron chi connectivity index (χ2n) is 6.97. The molecule has 0 saturated heterocycles. The Morgan fingerprint density at radius 1 is 1.28 bits per heavy atom. The minimum atomic E-state index is -0.122. The van der Waals surface area contributed by atoms with Gasteiger partial charge in [-0.3, -0.25) is 4.99 Å². The van der Waals surface area contributed by atoms with E-state index in [4.69, 9.17) is 4.99 Å². The highest BCUT2D eigenvalue weighted by molar-refractivity contribution is 5.86. The number of aromatic nitrogens is 1. The summed E-state index contributed by atoms with van der Waals surface area (Å²) in [6.07, 6.45) is 6.68. The lowest BCUT2D eigenvalue weighted by Crippen LogP contribution is -2.45. The van der Waals surface area contributed by atoms with E-state index in [1.54, 1.807) is 0 Å². The normalized spacial score (nSPS) is 21.5. The summed E-state index contributed by atoms with van der Waals surface area (Å²) < 4.78 is 0. The molecule has 1 aromatic heterocycles. The Morgan fingerprint density at radius 3 is 2.84 bits per heavy atom. The number of aryl methyl sites for hydroxylation is 1. The van der Waals surface area contributed by atoms with Crippen LogP contribution in [0.3, 0.4) is 0 Å². The van der Waals surface area contributed by atoms with E-state index in [0.717, 1.165) is 51.2 Å². The lowest BCUT2D eigenvalue weighted by Gasteiger charge is -2.27. The number of H-pyrrole nitrogens is 1. The van der Waals surface area contributed by atoms with Crippen LogP contribution in [0.5, 0.6) is 0 Å². The van der Waals surface area contributed by atoms with Gasteiger partial charge >= 0.3 is 0 Å². The molecule has 3 rings (SSSR count). The maximum Gasteiger partial charge on any atom is 0.191 e. The Hall–Kier alpha value is -2.01. The van der Waals surface area contributed by atoms with Crippen molar-refractivity contribution in [1.29, 1.82) is 0 Å². The van der Waals surface area contributed by atoms with Crippen molar-refractivity contribution in [2.45, 2.75) is 58.1 Å². The molecule has 0 bridgehead atoms. The van der Waals surface area contributed by atoms with E-state index in [0.29, 0.717) is 6.04 Å². The monoisotopic (exact) mass is 342 g/mol. The van der Waals surface area contributed by atoms with Gasteiger partial charge in [0.1, 0.15) is 0 Å². The van der Waals surface area contributed by atoms with Gasteiger partial charge in [0.05, 0.1) is 6.10 Å². The smallest absolute Gasteiger partial charge is 0.191 e. The van der Waals surface area contributed by atoms with Gasteiger partial charge in [0, 0.05) is 36.2 Å². The minimum Gasteiger partial charge on any atom is -0.393 e. The van der Waals surface area contributed by atoms with Crippen molar-refractivity contribution in [3.8, 4) is 0 Å². The molecule has 0 spiro atoms. The second kappa shape index (κ2) is 8.39. The summed E-state index contributed by atoms with van der Waals surface area (Å²) in [6.45, 7) is 5.83. The third kappa shape index (κ3) is 4.54. The average molecular weight is 342 g/mol. The number of para-hydroxylation sites is 1. The molecule has 0 atom stereocenters. The highest BCUT2D eigenvalue weighted by Gasteiger charge is 2.19. The summed E-state index contributed by atoms with van der Waals surface area (Å²) in [4.78, 5) is 8.13. The molecule has 1 aliphatic carbocycles. The summed E-state index contributed by atoms with van der Waals surface area (Å²) in [5, 5.41) is 17.8. The number of guanidine groups is 1. The number of aromatic amines is 1. The SMILES string of the molecule is CCNC(=NCCc1c[nH]c2c(C)cccc12)NC1CCC(O)CC1. The van der Waals surface area contributed by atoms with Gasteiger partial charge in [-0.15, -0.1) is 0 Å². The first-order valence-corrected chi connectivity index (χ1v) is 9.46. The fraction of sp³-hybridized carbons (Fsp3) is 0.550. The molecular weight excluding hydrogens is 312 g/mol. The Morgan fingerprint density at radius 2 is 2.08 bits per heavy atom. The standard InChI is InChI=1S/C20H30N4O/c1-3-21-20(24-16-7-9-17(25)10-8-16)22-12-11-15-13-23-19-14(2)5-4-6-18(15)19/h4-6,13,16-17,23,25H,3,7-12H2,1-2H3,(H2,21,22,24). The van der Waals surface area contributed by atoms with Crippen molar-refractivity contribution in [2.75, 3.05) is 13.1 Å². The highest BCUT2D eigenvalue weighted by Crippen LogP contribution is 2.21. The molecule has 0 radical (unpaired) electrons. The van der Waals surface area contributed by atoms with Crippen molar-refractivity contribution in [1.82, 2.24) is 15.6 Å². The van der Waals surface area contributed by atoms with Gasteiger partial charge in [-0.1, -0.05) is 18.2 Å². The van der Waals surface area contributed by atoms with Crippen LogP contribution in [0.4, 0.5) is 0 Å². The highest BCUT2D eigenvalue weighted by atomic mass is 16.3. The van der Waals surface area contributed by atoms with Crippen LogP contribution in [-0.2, 0) is 6.42 Å². The lowest BCUT2D eigenvalue weighted by molar-refractivity contribution is 0.120. The Kier molecular flexibility index (Phi) is 5.97. The van der Waals surface area contributed by atoms with Gasteiger partial charge in [0.2, 0.25) is 0 Å². The number of nitrogens with zero attached hydrogens (tertiary/aromatic N) is 1. The Balaban J connectivity index is 1.60. The predicted octanol–water partition coefficient (Wildman–Crippen LogP) is 2.88. The van der Waals surface area contributed by atoms with E-state index in [2.05, 4.69) is 53.9 Å². The number of benzene rings is 1. The summed E-state index contributed by atoms with van der Waals surface area (Å²) in [6, 6.07) is 6.84. The molecule has 0 amide bonds. The number of rotatable bonds is 5. The first-order valence-electron chi connectivity index (χ1n) is 9.46. The van der Waals surface area contributed by atoms with E-state index in [1.807, 2.05) is 0 Å². The third-order valence-electron chi connectivity index (χ3n) is 5.04. The first-order chi connectivity index (χ1) is 12.2. The van der Waals surface area contributed by atoms with E-state index in [-0.39, 0.29) is 6.10 Å². The Bertz CT molecular complexity index is 714. The fourth-order valence-corrected chi connectivity index (χ4v) is 3.59. The van der Waals surface area contributed by atoms with Crippen LogP contribution in [0.1, 0.15) is 43.7 Å². The number of aliphatic hydroxyl groups excluding tert-OH is 1. The molecule has 1 aromatic carbocycles. The molecule has 5 heteroatoms. The maximum absolute atomic E-state index is 9.64. The molecule has 4 N–H and O–H groups in total. The van der Waals surface area contributed by atoms with Crippen molar-refractivity contribution in [3.63, 3.8) is 0 Å². The molecule has 1 aliphatic rings. The number of aliphatic hydroxyl groups is 1. The van der Waals surface area contributed by atoms with E-state index in [9.17, 15) is 5.11 Å². The zero-order valence-electron chi connectivity index (χ0n) is 15.3. The van der Waals surface area contributed by atoms with Crippen LogP contribution >= 0.6 is 0 Å². The van der Waals surface area contributed by atoms with Crippen LogP contribution in [0.2, 0.25) is 0 Å². The van der Waals surface area contributed by atoms with E-state index in [1.165, 1.54) is 22.0 Å². The maximum atomic E-state index is 9.64. The third-order valence-corrected chi connectivity index (χ3v) is 5.04. The van der Waals surface area contributed by atoms with Crippen LogP contribution in [-0.4, -0.2) is 41.3 Å². The summed E-state index contributed by atoms with van der Waals surface area (Å²) >= 11 is 0. The molecule has 0 aliphatic heterocycles. The number of aliphatic imine (C=N–C) groups is 1. The first kappa shape index (κ1) is 17.8. The summed E-state index contributed by atoms with van der Waals surface area (Å²) in [5.41, 5.74) is 3.83. The second-order valence-corrected chi connectivity index (χ2v) is 6.97. The zero-order valence-corrected chi connectivity index (χ0v) is 15.3. The van der Waals surface area contributed by atoms with Gasteiger partial charge in [-0.05, 0) is 57.1 Å². The number of hydrogen-bond donors (Lipinski definition) is 4. The number of nitrogens with one attached hydrogen (secondary N) is 3. The molecule has 25 heavy (non-hydrogen) atoms. The molecule has 5 nitrogen and oxygen atoms in total. The van der Waals surface area contributed by atoms with Crippen molar-refractivity contribution in [3.05, 3.63) is 35.5 Å². The van der Waals surface area contributed by atoms with Crippen LogP contribution in [0.15, 0.2) is 29.4 Å². The lowest BCUT2D eigenvalue weighted by atomic mass is 9.93. The summed E-state index contributed by atoms with van der Waals surface area (Å²) in [7, 11) is 0.